The van der Waals surface area contributed by atoms with E-state index in [0.29, 0.717) is 0 Å². The van der Waals surface area contributed by atoms with E-state index in [2.05, 4.69) is 113 Å². The van der Waals surface area contributed by atoms with Crippen LogP contribution in [0.15, 0.2) is 70.6 Å². The second-order valence-corrected chi connectivity index (χ2v) is 11.4. The zero-order chi connectivity index (χ0) is 27.8. The fraction of sp³-hybridized carbons (Fsp3) is 0.606. The van der Waals surface area contributed by atoms with Gasteiger partial charge in [0.25, 0.3) is 0 Å². The van der Waals surface area contributed by atoms with Crippen LogP contribution in [0.2, 0.25) is 0 Å². The zero-order valence-electron chi connectivity index (χ0n) is 25.6. The summed E-state index contributed by atoms with van der Waals surface area (Å²) in [5.41, 5.74) is 1.72. The first-order valence-electron chi connectivity index (χ1n) is 13.5. The van der Waals surface area contributed by atoms with Gasteiger partial charge < -0.3 is 0 Å². The van der Waals surface area contributed by atoms with Gasteiger partial charge in [0.15, 0.2) is 0 Å². The Labute approximate surface area is 220 Å². The zero-order valence-corrected chi connectivity index (χ0v) is 25.6. The van der Waals surface area contributed by atoms with Crippen molar-refractivity contribution in [2.45, 2.75) is 96.9 Å². The van der Waals surface area contributed by atoms with Crippen molar-refractivity contribution in [2.24, 2.45) is 45.5 Å². The summed E-state index contributed by atoms with van der Waals surface area (Å²) in [4.78, 5) is 8.17. The number of benzene rings is 2. The van der Waals surface area contributed by atoms with Gasteiger partial charge in [-0.1, -0.05) is 133 Å². The molecule has 2 aromatic rings. The minimum atomic E-state index is 0.833. The maximum Gasteiger partial charge on any atom is 0.100 e. The second kappa shape index (κ2) is 24.9. The van der Waals surface area contributed by atoms with Gasteiger partial charge in [0.1, 0.15) is 6.01 Å². The molecule has 0 aliphatic rings. The topological polar surface area (TPSA) is 24.7 Å². The summed E-state index contributed by atoms with van der Waals surface area (Å²) < 4.78 is 0. The van der Waals surface area contributed by atoms with Crippen molar-refractivity contribution >= 4 is 17.4 Å². The Morgan fingerprint density at radius 1 is 0.400 bits per heavy atom. The summed E-state index contributed by atoms with van der Waals surface area (Å²) in [6, 6.07) is 21.9. The van der Waals surface area contributed by atoms with Gasteiger partial charge in [-0.3, -0.25) is 0 Å². The number of rotatable bonds is 4. The van der Waals surface area contributed by atoms with Crippen LogP contribution in [0.3, 0.4) is 0 Å². The Bertz CT molecular complexity index is 641. The fourth-order valence-electron chi connectivity index (χ4n) is 1.15. The molecule has 0 aliphatic carbocycles. The molecule has 0 heterocycles. The molecule has 0 unspecified atom stereocenters. The van der Waals surface area contributed by atoms with Crippen LogP contribution in [0.1, 0.15) is 96.9 Å². The average Bonchev–Trinajstić information content (AvgIpc) is 2.75. The summed E-state index contributed by atoms with van der Waals surface area (Å²) in [6.07, 6.45) is 0. The molecule has 0 bridgehead atoms. The van der Waals surface area contributed by atoms with E-state index in [1.165, 1.54) is 0 Å². The molecule has 0 spiro atoms. The van der Waals surface area contributed by atoms with E-state index in [4.69, 9.17) is 0 Å². The van der Waals surface area contributed by atoms with Crippen LogP contribution in [0, 0.1) is 35.5 Å². The van der Waals surface area contributed by atoms with E-state index >= 15 is 0 Å². The quantitative estimate of drug-likeness (QED) is 0.387. The molecule has 2 aromatic carbocycles. The van der Waals surface area contributed by atoms with Crippen LogP contribution >= 0.6 is 0 Å². The fourth-order valence-corrected chi connectivity index (χ4v) is 1.15. The van der Waals surface area contributed by atoms with Gasteiger partial charge in [0, 0.05) is 0 Å². The molecule has 0 fully saturated rings. The Balaban J connectivity index is -0.000000428. The first-order valence-corrected chi connectivity index (χ1v) is 13.5. The normalized spacial score (nSPS) is 9.71. The predicted octanol–water partition coefficient (Wildman–Crippen LogP) is 11.7. The van der Waals surface area contributed by atoms with Crippen LogP contribution in [-0.2, 0) is 0 Å². The lowest BCUT2D eigenvalue weighted by molar-refractivity contribution is 0.457. The highest BCUT2D eigenvalue weighted by Crippen LogP contribution is 2.10. The monoisotopic (exact) mass is 482 g/mol. The van der Waals surface area contributed by atoms with E-state index in [1.54, 1.807) is 0 Å². The molecule has 0 N–H and O–H groups in total. The van der Waals surface area contributed by atoms with E-state index in [1.807, 2.05) is 60.7 Å². The number of nitrogens with zero attached hydrogens (tertiary/aromatic N) is 2. The maximum atomic E-state index is 4.08. The van der Waals surface area contributed by atoms with Crippen LogP contribution in [0.25, 0.3) is 0 Å². The molecule has 0 atom stereocenters. The molecule has 200 valence electrons. The van der Waals surface area contributed by atoms with Gasteiger partial charge >= 0.3 is 0 Å². The van der Waals surface area contributed by atoms with Crippen molar-refractivity contribution in [2.75, 3.05) is 0 Å². The minimum Gasteiger partial charge on any atom is -0.188 e. The van der Waals surface area contributed by atoms with Crippen molar-refractivity contribution in [3.8, 4) is 0 Å². The third-order valence-electron chi connectivity index (χ3n) is 4.54. The molecule has 0 saturated heterocycles. The van der Waals surface area contributed by atoms with Crippen molar-refractivity contribution < 1.29 is 0 Å². The SMILES string of the molecule is C(=Nc1ccccc1)=Nc1ccccc1.CC(C)C.CC(C)C.CC(C)C(C)C.CC(C)C(C)C. The number of hydrogen-bond acceptors (Lipinski definition) is 2. The molecule has 0 amide bonds. The summed E-state index contributed by atoms with van der Waals surface area (Å²) >= 11 is 0. The van der Waals surface area contributed by atoms with Gasteiger partial charge in [0.05, 0.1) is 11.4 Å². The molecule has 0 saturated carbocycles. The highest BCUT2D eigenvalue weighted by molar-refractivity contribution is 5.57. The van der Waals surface area contributed by atoms with E-state index in [9.17, 15) is 0 Å². The maximum absolute atomic E-state index is 4.08. The van der Waals surface area contributed by atoms with Crippen LogP contribution in [-0.4, -0.2) is 6.01 Å². The molecular weight excluding hydrogens is 424 g/mol. The lowest BCUT2D eigenvalue weighted by Crippen LogP contribution is -1.95. The van der Waals surface area contributed by atoms with Gasteiger partial charge in [-0.05, 0) is 59.8 Å². The van der Waals surface area contributed by atoms with Crippen LogP contribution in [0.4, 0.5) is 11.4 Å². The molecule has 0 radical (unpaired) electrons. The molecule has 2 rings (SSSR count). The lowest BCUT2D eigenvalue weighted by Gasteiger charge is -2.05. The Morgan fingerprint density at radius 3 is 0.771 bits per heavy atom. The average molecular weight is 483 g/mol. The van der Waals surface area contributed by atoms with Crippen LogP contribution < -0.4 is 0 Å². The molecule has 35 heavy (non-hydrogen) atoms. The second-order valence-electron chi connectivity index (χ2n) is 11.4. The summed E-state index contributed by atoms with van der Waals surface area (Å²) in [5, 5.41) is 0. The first kappa shape index (κ1) is 37.4. The van der Waals surface area contributed by atoms with Crippen molar-refractivity contribution in [1.82, 2.24) is 0 Å². The molecule has 2 heteroatoms. The third-order valence-corrected chi connectivity index (χ3v) is 4.54. The molecule has 0 aliphatic heterocycles. The summed E-state index contributed by atoms with van der Waals surface area (Å²) in [6.45, 7) is 30.9. The van der Waals surface area contributed by atoms with Gasteiger partial charge in [-0.15, -0.1) is 0 Å². The minimum absolute atomic E-state index is 0.833. The molecular formula is C33H58N2. The smallest absolute Gasteiger partial charge is 0.100 e. The highest BCUT2D eigenvalue weighted by atomic mass is 14.8. The Morgan fingerprint density at radius 2 is 0.600 bits per heavy atom. The van der Waals surface area contributed by atoms with Crippen molar-refractivity contribution in [3.63, 3.8) is 0 Å². The van der Waals surface area contributed by atoms with E-state index in [0.717, 1.165) is 46.9 Å². The number of hydrogen-bond donors (Lipinski definition) is 0. The number of para-hydroxylation sites is 2. The lowest BCUT2D eigenvalue weighted by atomic mass is 10.0. The van der Waals surface area contributed by atoms with Gasteiger partial charge in [0.2, 0.25) is 0 Å². The van der Waals surface area contributed by atoms with E-state index in [-0.39, 0.29) is 0 Å². The molecule has 2 nitrogen and oxygen atoms in total. The number of aliphatic imine (C=N–C) groups is 2. The highest BCUT2D eigenvalue weighted by Gasteiger charge is 1.96. The van der Waals surface area contributed by atoms with E-state index < -0.39 is 0 Å². The summed E-state index contributed by atoms with van der Waals surface area (Å²) in [5.74, 6) is 5.07. The predicted molar refractivity (Wildman–Crippen MR) is 162 cm³/mol. The third kappa shape index (κ3) is 36.6. The van der Waals surface area contributed by atoms with Crippen molar-refractivity contribution in [3.05, 3.63) is 60.7 Å². The van der Waals surface area contributed by atoms with Gasteiger partial charge in [-0.2, -0.15) is 9.98 Å². The first-order chi connectivity index (χ1) is 16.2. The van der Waals surface area contributed by atoms with Crippen LogP contribution in [0.5, 0.6) is 0 Å². The van der Waals surface area contributed by atoms with Gasteiger partial charge in [-0.25, -0.2) is 0 Å². The Kier molecular flexibility index (Phi) is 26.6. The molecule has 0 aromatic heterocycles. The largest absolute Gasteiger partial charge is 0.188 e. The van der Waals surface area contributed by atoms with Crippen molar-refractivity contribution in [1.29, 1.82) is 0 Å². The standard InChI is InChI=1S/C13H10N2.2C6H14.2C4H10/c1-3-7-12(8-4-1)14-11-15-13-9-5-2-6-10-13;2*1-5(2)6(3)4;2*1-4(2)3/h1-10H;2*5-6H,1-4H3;2*4H,1-3H3. The Hall–Kier alpha value is -2.18. The summed E-state index contributed by atoms with van der Waals surface area (Å²) in [7, 11) is 0.